The summed E-state index contributed by atoms with van der Waals surface area (Å²) in [6, 6.07) is 13.3. The molecule has 0 saturated carbocycles. The lowest BCUT2D eigenvalue weighted by Gasteiger charge is -2.40. The lowest BCUT2D eigenvalue weighted by atomic mass is 9.85. The third-order valence-electron chi connectivity index (χ3n) is 6.84. The number of nitrogens with one attached hydrogen (secondary N) is 3. The SMILES string of the molecule is C.Cc1ccc(C(=O)O[C@H]2[C@H](c3ccccc3)[N+]3=C(N)N[C@@H](CO)[C@@H]4[NH+]=C(N)NC43C2(O)O)cc1. The number of nitrogens with two attached hydrogens (primary N) is 2. The molecule has 3 aliphatic rings. The van der Waals surface area contributed by atoms with Gasteiger partial charge in [0.1, 0.15) is 12.1 Å². The van der Waals surface area contributed by atoms with E-state index in [4.69, 9.17) is 16.2 Å². The van der Waals surface area contributed by atoms with Gasteiger partial charge in [0.05, 0.1) is 12.2 Å². The van der Waals surface area contributed by atoms with E-state index in [1.54, 1.807) is 48.5 Å². The second-order valence-corrected chi connectivity index (χ2v) is 8.89. The Morgan fingerprint density at radius 1 is 1.14 bits per heavy atom. The van der Waals surface area contributed by atoms with Gasteiger partial charge in [0.2, 0.25) is 6.10 Å². The van der Waals surface area contributed by atoms with Crippen molar-refractivity contribution in [3.63, 3.8) is 0 Å². The highest BCUT2D eigenvalue weighted by molar-refractivity contribution is 5.89. The van der Waals surface area contributed by atoms with Gasteiger partial charge in [-0.05, 0) is 24.6 Å². The number of carbonyl (C=O) groups is 1. The van der Waals surface area contributed by atoms with Gasteiger partial charge >= 0.3 is 23.6 Å². The lowest BCUT2D eigenvalue weighted by molar-refractivity contribution is -0.696. The van der Waals surface area contributed by atoms with E-state index < -0.39 is 41.6 Å². The van der Waals surface area contributed by atoms with Crippen LogP contribution in [-0.2, 0) is 4.74 Å². The summed E-state index contributed by atoms with van der Waals surface area (Å²) in [5.41, 5.74) is 12.5. The molecule has 0 bridgehead atoms. The number of esters is 1. The number of rotatable bonds is 4. The van der Waals surface area contributed by atoms with E-state index in [2.05, 4.69) is 15.6 Å². The highest BCUT2D eigenvalue weighted by Gasteiger charge is 2.82. The van der Waals surface area contributed by atoms with Crippen LogP contribution < -0.4 is 27.1 Å². The molecular formula is C24H32N6O5+2. The van der Waals surface area contributed by atoms with E-state index >= 15 is 0 Å². The Labute approximate surface area is 202 Å². The fraction of sp³-hybridized carbons (Fsp3) is 0.375. The molecule has 0 radical (unpaired) electrons. The van der Waals surface area contributed by atoms with E-state index in [1.165, 1.54) is 4.58 Å². The second-order valence-electron chi connectivity index (χ2n) is 8.89. The molecule has 1 fully saturated rings. The molecule has 5 rings (SSSR count). The fourth-order valence-corrected chi connectivity index (χ4v) is 5.31. The van der Waals surface area contributed by atoms with Crippen LogP contribution in [0.4, 0.5) is 0 Å². The molecular weight excluding hydrogens is 452 g/mol. The van der Waals surface area contributed by atoms with Crippen molar-refractivity contribution in [1.29, 1.82) is 0 Å². The predicted octanol–water partition coefficient (Wildman–Crippen LogP) is -3.05. The Morgan fingerprint density at radius 3 is 2.43 bits per heavy atom. The number of ether oxygens (including phenoxy) is 1. The maximum Gasteiger partial charge on any atom is 0.347 e. The first-order chi connectivity index (χ1) is 16.2. The van der Waals surface area contributed by atoms with E-state index in [0.29, 0.717) is 5.56 Å². The molecule has 1 unspecified atom stereocenters. The van der Waals surface area contributed by atoms with Crippen LogP contribution in [0.2, 0.25) is 0 Å². The Balaban J connectivity index is 0.00000289. The van der Waals surface area contributed by atoms with Crippen molar-refractivity contribution in [3.8, 4) is 0 Å². The van der Waals surface area contributed by atoms with Crippen LogP contribution in [0.1, 0.15) is 35.0 Å². The predicted molar refractivity (Wildman–Crippen MR) is 127 cm³/mol. The monoisotopic (exact) mass is 484 g/mol. The summed E-state index contributed by atoms with van der Waals surface area (Å²) in [6.45, 7) is 1.52. The Hall–Kier alpha value is -3.67. The van der Waals surface area contributed by atoms with Gasteiger partial charge in [-0.25, -0.2) is 14.7 Å². The van der Waals surface area contributed by atoms with E-state index in [0.717, 1.165) is 5.56 Å². The quantitative estimate of drug-likeness (QED) is 0.127. The van der Waals surface area contributed by atoms with Gasteiger partial charge in [0, 0.05) is 0 Å². The number of aliphatic hydroxyl groups excluding tert-OH is 1. The van der Waals surface area contributed by atoms with Crippen molar-refractivity contribution < 1.29 is 34.4 Å². The number of aryl methyl sites for hydroxylation is 1. The summed E-state index contributed by atoms with van der Waals surface area (Å²) in [4.78, 5) is 16.1. The standard InChI is InChI=1S/C23H26N6O5.CH4/c1-12-7-9-14(10-8-12)19(31)34-18-16(13-5-3-2-4-6-13)29-21(25)26-15(11-30)17-22(29,23(18,32)33)28-20(24)27-17;/h2-10,15-18,30,32-33H,11H2,1H3,(H5,24,25,26,27,28);1H4/p+2/t15-,16-,17-,18-,22?;/m0./s1. The molecule has 35 heavy (non-hydrogen) atoms. The van der Waals surface area contributed by atoms with Gasteiger partial charge < -0.3 is 20.1 Å². The normalized spacial score (nSPS) is 30.2. The molecule has 0 aliphatic carbocycles. The molecule has 3 aliphatic heterocycles. The van der Waals surface area contributed by atoms with Gasteiger partial charge in [-0.1, -0.05) is 55.5 Å². The minimum Gasteiger partial charge on any atom is -0.449 e. The van der Waals surface area contributed by atoms with Crippen molar-refractivity contribution in [2.45, 2.75) is 50.0 Å². The largest absolute Gasteiger partial charge is 0.449 e. The van der Waals surface area contributed by atoms with Crippen molar-refractivity contribution >= 4 is 17.9 Å². The Kier molecular flexibility index (Phi) is 5.95. The fourth-order valence-electron chi connectivity index (χ4n) is 5.31. The van der Waals surface area contributed by atoms with Crippen LogP contribution in [-0.4, -0.2) is 74.0 Å². The first kappa shape index (κ1) is 24.5. The van der Waals surface area contributed by atoms with Crippen LogP contribution in [0.5, 0.6) is 0 Å². The van der Waals surface area contributed by atoms with Crippen LogP contribution in [0, 0.1) is 6.92 Å². The summed E-state index contributed by atoms with van der Waals surface area (Å²) in [6.07, 6.45) is -1.48. The van der Waals surface area contributed by atoms with E-state index in [9.17, 15) is 20.1 Å². The molecule has 2 aromatic rings. The first-order valence-electron chi connectivity index (χ1n) is 10.9. The molecule has 10 N–H and O–H groups in total. The average Bonchev–Trinajstić information content (AvgIpc) is 3.27. The summed E-state index contributed by atoms with van der Waals surface area (Å²) in [5.74, 6) is -3.28. The van der Waals surface area contributed by atoms with Crippen molar-refractivity contribution in [2.24, 2.45) is 11.5 Å². The Morgan fingerprint density at radius 2 is 1.80 bits per heavy atom. The summed E-state index contributed by atoms with van der Waals surface area (Å²) < 4.78 is 7.34. The number of nitrogens with zero attached hydrogens (tertiary/aromatic N) is 1. The maximum absolute atomic E-state index is 13.1. The molecule has 1 spiro atoms. The van der Waals surface area contributed by atoms with Crippen LogP contribution in [0.3, 0.4) is 0 Å². The first-order valence-corrected chi connectivity index (χ1v) is 10.9. The minimum atomic E-state index is -2.69. The molecule has 0 aromatic heterocycles. The Bertz CT molecular complexity index is 1180. The summed E-state index contributed by atoms with van der Waals surface area (Å²) in [5, 5.41) is 39.4. The van der Waals surface area contributed by atoms with Gasteiger partial charge in [-0.2, -0.15) is 0 Å². The number of aliphatic hydroxyl groups is 3. The van der Waals surface area contributed by atoms with Gasteiger partial charge in [0.15, 0.2) is 6.04 Å². The van der Waals surface area contributed by atoms with Crippen molar-refractivity contribution in [2.75, 3.05) is 6.61 Å². The smallest absolute Gasteiger partial charge is 0.347 e. The molecule has 5 atom stereocenters. The van der Waals surface area contributed by atoms with E-state index in [-0.39, 0.29) is 31.5 Å². The van der Waals surface area contributed by atoms with Gasteiger partial charge in [0.25, 0.3) is 5.79 Å². The molecule has 3 heterocycles. The number of benzene rings is 2. The van der Waals surface area contributed by atoms with Crippen LogP contribution in [0.25, 0.3) is 0 Å². The topological polar surface area (TPSA) is 180 Å². The van der Waals surface area contributed by atoms with Crippen molar-refractivity contribution in [1.82, 2.24) is 10.6 Å². The minimum absolute atomic E-state index is 0. The summed E-state index contributed by atoms with van der Waals surface area (Å²) in [7, 11) is 0. The maximum atomic E-state index is 13.1. The van der Waals surface area contributed by atoms with Gasteiger partial charge in [-0.3, -0.25) is 21.8 Å². The molecule has 11 nitrogen and oxygen atoms in total. The third kappa shape index (κ3) is 3.42. The van der Waals surface area contributed by atoms with Crippen LogP contribution in [0.15, 0.2) is 54.6 Å². The van der Waals surface area contributed by atoms with E-state index in [1.807, 2.05) is 13.0 Å². The third-order valence-corrected chi connectivity index (χ3v) is 6.84. The second kappa shape index (κ2) is 8.52. The highest BCUT2D eigenvalue weighted by atomic mass is 16.6. The molecule has 186 valence electrons. The molecule has 1 saturated heterocycles. The number of hydrogen-bond donors (Lipinski definition) is 8. The zero-order chi connectivity index (χ0) is 24.3. The van der Waals surface area contributed by atoms with Crippen molar-refractivity contribution in [3.05, 3.63) is 71.3 Å². The average molecular weight is 485 g/mol. The number of carbonyl (C=O) groups excluding carboxylic acids is 1. The lowest BCUT2D eigenvalue weighted by Crippen LogP contribution is -2.91. The zero-order valence-corrected chi connectivity index (χ0v) is 18.5. The molecule has 0 amide bonds. The zero-order valence-electron chi connectivity index (χ0n) is 18.5. The number of guanidine groups is 2. The van der Waals surface area contributed by atoms with Crippen LogP contribution >= 0.6 is 0 Å². The molecule has 2 aromatic carbocycles. The van der Waals surface area contributed by atoms with Gasteiger partial charge in [-0.15, -0.1) is 0 Å². The molecule has 11 heteroatoms. The summed E-state index contributed by atoms with van der Waals surface area (Å²) >= 11 is 0. The number of hydrogen-bond acceptors (Lipinski definition) is 9. The highest BCUT2D eigenvalue weighted by Crippen LogP contribution is 2.48.